The van der Waals surface area contributed by atoms with Crippen molar-refractivity contribution in [3.8, 4) is 11.5 Å². The first-order chi connectivity index (χ1) is 17.9. The fraction of sp³-hybridized carbons (Fsp3) is 0.259. The number of rotatable bonds is 8. The number of amides is 2. The molecule has 0 aromatic heterocycles. The van der Waals surface area contributed by atoms with Crippen molar-refractivity contribution in [2.75, 3.05) is 26.1 Å². The summed E-state index contributed by atoms with van der Waals surface area (Å²) >= 11 is 1.07. The quantitative estimate of drug-likeness (QED) is 0.444. The molecule has 200 valence electrons. The Hall–Kier alpha value is -3.57. The van der Waals surface area contributed by atoms with Crippen molar-refractivity contribution in [1.82, 2.24) is 4.90 Å². The summed E-state index contributed by atoms with van der Waals surface area (Å²) in [4.78, 5) is 45.5. The second-order valence-corrected chi connectivity index (χ2v) is 9.13. The molecule has 0 saturated heterocycles. The molecule has 1 N–H and O–H groups in total. The highest BCUT2D eigenvalue weighted by Crippen LogP contribution is 2.39. The van der Waals surface area contributed by atoms with Crippen LogP contribution in [0.4, 0.5) is 5.69 Å². The number of carbonyl (C=O) groups is 3. The van der Waals surface area contributed by atoms with Crippen LogP contribution in [0.1, 0.15) is 19.4 Å². The van der Waals surface area contributed by atoms with Crippen molar-refractivity contribution in [2.45, 2.75) is 26.3 Å². The van der Waals surface area contributed by atoms with Crippen LogP contribution in [0.25, 0.3) is 0 Å². The van der Waals surface area contributed by atoms with Crippen molar-refractivity contribution >= 4 is 57.4 Å². The van der Waals surface area contributed by atoms with E-state index in [1.54, 1.807) is 51.3 Å². The topological polar surface area (TPSA) is 107 Å². The zero-order chi connectivity index (χ0) is 26.5. The minimum Gasteiger partial charge on any atom is -0.493 e. The van der Waals surface area contributed by atoms with Crippen molar-refractivity contribution in [2.24, 2.45) is 4.99 Å². The number of methoxy groups -OCH3 is 2. The molecule has 9 nitrogen and oxygen atoms in total. The van der Waals surface area contributed by atoms with Crippen molar-refractivity contribution in [1.29, 1.82) is 0 Å². The number of hydrogen-bond acceptors (Lipinski definition) is 8. The number of fused-ring (bicyclic) bond motifs is 1. The fourth-order valence-electron chi connectivity index (χ4n) is 4.23. The highest BCUT2D eigenvalue weighted by Gasteiger charge is 2.42. The van der Waals surface area contributed by atoms with E-state index in [-0.39, 0.29) is 40.5 Å². The molecule has 0 fully saturated rings. The molecule has 0 aliphatic carbocycles. The average Bonchev–Trinajstić information content (AvgIpc) is 2.88. The molecule has 0 spiro atoms. The van der Waals surface area contributed by atoms with Gasteiger partial charge in [-0.3, -0.25) is 14.5 Å². The van der Waals surface area contributed by atoms with Crippen LogP contribution in [0.15, 0.2) is 75.8 Å². The lowest BCUT2D eigenvalue weighted by atomic mass is 9.94. The average molecular weight is 603 g/mol. The normalized spacial score (nSPS) is 16.5. The number of anilines is 1. The monoisotopic (exact) mass is 601 g/mol. The third kappa shape index (κ3) is 5.94. The number of nitrogens with zero attached hydrogens (tertiary/aromatic N) is 2. The molecule has 1 unspecified atom stereocenters. The van der Waals surface area contributed by atoms with Crippen LogP contribution in [0.5, 0.6) is 11.5 Å². The molecule has 2 amide bonds. The molecule has 4 rings (SSSR count). The Morgan fingerprint density at radius 3 is 2.47 bits per heavy atom. The number of aliphatic imine (C=N–C) groups is 1. The lowest BCUT2D eigenvalue weighted by molar-refractivity contribution is -0.139. The predicted molar refractivity (Wildman–Crippen MR) is 152 cm³/mol. The summed E-state index contributed by atoms with van der Waals surface area (Å²) in [7, 11) is 3.07. The lowest BCUT2D eigenvalue weighted by Crippen LogP contribution is -2.50. The summed E-state index contributed by atoms with van der Waals surface area (Å²) < 4.78 is 16.3. The van der Waals surface area contributed by atoms with Gasteiger partial charge in [0, 0.05) is 23.7 Å². The number of allylic oxidation sites excluding steroid dienone is 1. The van der Waals surface area contributed by atoms with E-state index in [1.807, 2.05) is 18.2 Å². The zero-order valence-electron chi connectivity index (χ0n) is 21.3. The number of nitrogens with one attached hydrogen (secondary N) is 1. The third-order valence-corrected chi connectivity index (χ3v) is 6.84. The number of benzene rings is 2. The SMILES string of the molecule is Br.CCOC(=O)C1=C(C)N=C2SC(C(=O)Nc3ccccc3)=CC(=O)N2C1Cc1cccc(OC)c1OC. The Morgan fingerprint density at radius 1 is 1.08 bits per heavy atom. The molecule has 0 radical (unpaired) electrons. The number of carbonyl (C=O) groups excluding carboxylic acids is 3. The second-order valence-electron chi connectivity index (χ2n) is 8.13. The van der Waals surface area contributed by atoms with E-state index in [0.717, 1.165) is 17.3 Å². The van der Waals surface area contributed by atoms with Crippen LogP contribution in [0.2, 0.25) is 0 Å². The van der Waals surface area contributed by atoms with Gasteiger partial charge in [-0.05, 0) is 43.8 Å². The number of thioether (sulfide) groups is 1. The van der Waals surface area contributed by atoms with Crippen molar-refractivity contribution in [3.63, 3.8) is 0 Å². The van der Waals surface area contributed by atoms with Crippen LogP contribution < -0.4 is 14.8 Å². The van der Waals surface area contributed by atoms with Crippen LogP contribution >= 0.6 is 28.7 Å². The summed E-state index contributed by atoms with van der Waals surface area (Å²) in [5.41, 5.74) is 2.03. The maximum absolute atomic E-state index is 13.5. The molecular weight excluding hydrogens is 574 g/mol. The van der Waals surface area contributed by atoms with Gasteiger partial charge in [0.1, 0.15) is 0 Å². The summed E-state index contributed by atoms with van der Waals surface area (Å²) in [6, 6.07) is 13.7. The summed E-state index contributed by atoms with van der Waals surface area (Å²) in [5, 5.41) is 3.10. The van der Waals surface area contributed by atoms with Gasteiger partial charge in [-0.1, -0.05) is 30.3 Å². The Bertz CT molecular complexity index is 1330. The highest BCUT2D eigenvalue weighted by molar-refractivity contribution is 8.93. The number of amidine groups is 1. The molecule has 1 atom stereocenters. The maximum atomic E-state index is 13.5. The fourth-order valence-corrected chi connectivity index (χ4v) is 5.22. The summed E-state index contributed by atoms with van der Waals surface area (Å²) in [5.74, 6) is -0.399. The van der Waals surface area contributed by atoms with E-state index in [9.17, 15) is 14.4 Å². The molecule has 2 aromatic rings. The minimum atomic E-state index is -0.734. The van der Waals surface area contributed by atoms with E-state index >= 15 is 0 Å². The molecule has 38 heavy (non-hydrogen) atoms. The molecule has 2 heterocycles. The van der Waals surface area contributed by atoms with E-state index in [4.69, 9.17) is 14.2 Å². The standard InChI is InChI=1S/C27H27N3O6S.BrH/c1-5-36-26(33)23-16(2)28-27-30(19(23)14-17-10-9-13-20(34-3)24(17)35-4)22(31)15-21(37-27)25(32)29-18-11-7-6-8-12-18;/h6-13,15,19H,5,14H2,1-4H3,(H,29,32);1H. The van der Waals surface area contributed by atoms with Gasteiger partial charge in [0.2, 0.25) is 0 Å². The summed E-state index contributed by atoms with van der Waals surface area (Å²) in [6.45, 7) is 3.58. The van der Waals surface area contributed by atoms with Gasteiger partial charge < -0.3 is 19.5 Å². The largest absolute Gasteiger partial charge is 0.493 e. The van der Waals surface area contributed by atoms with Gasteiger partial charge in [-0.2, -0.15) is 0 Å². The Labute approximate surface area is 235 Å². The number of halogens is 1. The van der Waals surface area contributed by atoms with E-state index in [0.29, 0.717) is 28.1 Å². The lowest BCUT2D eigenvalue weighted by Gasteiger charge is -2.38. The molecule has 2 aromatic carbocycles. The predicted octanol–water partition coefficient (Wildman–Crippen LogP) is 4.50. The Balaban J connectivity index is 0.00000400. The van der Waals surface area contributed by atoms with Gasteiger partial charge in [0.25, 0.3) is 11.8 Å². The van der Waals surface area contributed by atoms with Crippen LogP contribution in [0, 0.1) is 0 Å². The third-order valence-electron chi connectivity index (χ3n) is 5.85. The van der Waals surface area contributed by atoms with Crippen LogP contribution in [-0.4, -0.2) is 54.7 Å². The van der Waals surface area contributed by atoms with Crippen molar-refractivity contribution < 1.29 is 28.6 Å². The van der Waals surface area contributed by atoms with Crippen LogP contribution in [-0.2, 0) is 25.5 Å². The number of hydrogen-bond donors (Lipinski definition) is 1. The van der Waals surface area contributed by atoms with Gasteiger partial charge in [-0.25, -0.2) is 9.79 Å². The highest BCUT2D eigenvalue weighted by atomic mass is 79.9. The Kier molecular flexibility index (Phi) is 9.76. The minimum absolute atomic E-state index is 0. The first-order valence-corrected chi connectivity index (χ1v) is 12.4. The molecule has 0 saturated carbocycles. The van der Waals surface area contributed by atoms with Crippen LogP contribution in [0.3, 0.4) is 0 Å². The second kappa shape index (κ2) is 12.8. The maximum Gasteiger partial charge on any atom is 0.337 e. The van der Waals surface area contributed by atoms with Gasteiger partial charge >= 0.3 is 5.97 Å². The molecule has 11 heteroatoms. The molecule has 0 bridgehead atoms. The molecular formula is C27H28BrN3O6S. The number of ether oxygens (including phenoxy) is 3. The molecule has 2 aliphatic heterocycles. The molecule has 2 aliphatic rings. The van der Waals surface area contributed by atoms with E-state index in [2.05, 4.69) is 10.3 Å². The number of esters is 1. The van der Waals surface area contributed by atoms with Gasteiger partial charge in [0.05, 0.1) is 43.0 Å². The van der Waals surface area contributed by atoms with E-state index < -0.39 is 23.8 Å². The first-order valence-electron chi connectivity index (χ1n) is 11.6. The summed E-state index contributed by atoms with van der Waals surface area (Å²) in [6.07, 6.45) is 1.50. The smallest absolute Gasteiger partial charge is 0.337 e. The first kappa shape index (κ1) is 29.0. The number of para-hydroxylation sites is 2. The Morgan fingerprint density at radius 2 is 1.82 bits per heavy atom. The zero-order valence-corrected chi connectivity index (χ0v) is 23.9. The van der Waals surface area contributed by atoms with Crippen molar-refractivity contribution in [3.05, 3.63) is 76.3 Å². The van der Waals surface area contributed by atoms with Gasteiger partial charge in [-0.15, -0.1) is 17.0 Å². The van der Waals surface area contributed by atoms with E-state index in [1.165, 1.54) is 18.1 Å². The van der Waals surface area contributed by atoms with Gasteiger partial charge in [0.15, 0.2) is 16.7 Å².